The molecule has 2 aromatic rings. The van der Waals surface area contributed by atoms with Gasteiger partial charge in [-0.2, -0.15) is 0 Å². The van der Waals surface area contributed by atoms with E-state index in [4.69, 9.17) is 4.98 Å². The minimum atomic E-state index is 0.703. The Hall–Kier alpha value is -0.930. The Bertz CT molecular complexity index is 565. The fourth-order valence-electron chi connectivity index (χ4n) is 2.85. The van der Waals surface area contributed by atoms with Crippen molar-refractivity contribution in [1.82, 2.24) is 10.3 Å². The molecular weight excluding hydrogens is 240 g/mol. The van der Waals surface area contributed by atoms with Crippen molar-refractivity contribution in [2.24, 2.45) is 0 Å². The van der Waals surface area contributed by atoms with E-state index in [1.807, 2.05) is 11.3 Å². The van der Waals surface area contributed by atoms with Gasteiger partial charge in [0, 0.05) is 12.5 Å². The third-order valence-corrected chi connectivity index (χ3v) is 5.30. The number of benzene rings is 1. The zero-order valence-corrected chi connectivity index (χ0v) is 11.3. The quantitative estimate of drug-likeness (QED) is 0.889. The number of aromatic nitrogens is 1. The maximum absolute atomic E-state index is 4.76. The van der Waals surface area contributed by atoms with Crippen molar-refractivity contribution in [3.05, 3.63) is 28.8 Å². The highest BCUT2D eigenvalue weighted by Crippen LogP contribution is 2.43. The Labute approximate surface area is 111 Å². The molecule has 1 saturated carbocycles. The normalized spacial score (nSPS) is 24.6. The highest BCUT2D eigenvalue weighted by Gasteiger charge is 2.27. The van der Waals surface area contributed by atoms with Gasteiger partial charge in [-0.3, -0.25) is 0 Å². The predicted molar refractivity (Wildman–Crippen MR) is 76.4 cm³/mol. The summed E-state index contributed by atoms with van der Waals surface area (Å²) in [5.74, 6) is 1.48. The van der Waals surface area contributed by atoms with E-state index in [1.165, 1.54) is 53.0 Å². The SMILES string of the molecule is c1cc2nc(C3CC3)sc2cc1C1CCCNC1. The molecule has 1 N–H and O–H groups in total. The summed E-state index contributed by atoms with van der Waals surface area (Å²) in [6, 6.07) is 6.90. The van der Waals surface area contributed by atoms with Crippen molar-refractivity contribution in [1.29, 1.82) is 0 Å². The van der Waals surface area contributed by atoms with Gasteiger partial charge in [-0.15, -0.1) is 11.3 Å². The maximum atomic E-state index is 4.76. The molecule has 1 saturated heterocycles. The molecule has 1 aliphatic carbocycles. The lowest BCUT2D eigenvalue weighted by atomic mass is 9.92. The van der Waals surface area contributed by atoms with Crippen LogP contribution in [-0.2, 0) is 0 Å². The lowest BCUT2D eigenvalue weighted by molar-refractivity contribution is 0.462. The second kappa shape index (κ2) is 4.32. The molecule has 1 unspecified atom stereocenters. The minimum absolute atomic E-state index is 0.703. The maximum Gasteiger partial charge on any atom is 0.0969 e. The Morgan fingerprint density at radius 2 is 2.11 bits per heavy atom. The van der Waals surface area contributed by atoms with E-state index in [9.17, 15) is 0 Å². The van der Waals surface area contributed by atoms with Gasteiger partial charge >= 0.3 is 0 Å². The molecule has 1 aromatic carbocycles. The predicted octanol–water partition coefficient (Wildman–Crippen LogP) is 3.64. The van der Waals surface area contributed by atoms with E-state index in [2.05, 4.69) is 23.5 Å². The van der Waals surface area contributed by atoms with Crippen LogP contribution in [0.25, 0.3) is 10.2 Å². The number of hydrogen-bond donors (Lipinski definition) is 1. The van der Waals surface area contributed by atoms with Gasteiger partial charge in [-0.05, 0) is 55.8 Å². The van der Waals surface area contributed by atoms with Crippen LogP contribution in [0, 0.1) is 0 Å². The second-order valence-electron chi connectivity index (χ2n) is 5.60. The molecule has 18 heavy (non-hydrogen) atoms. The molecule has 94 valence electrons. The average molecular weight is 258 g/mol. The molecule has 2 fully saturated rings. The molecule has 1 atom stereocenters. The van der Waals surface area contributed by atoms with Crippen LogP contribution in [0.5, 0.6) is 0 Å². The van der Waals surface area contributed by atoms with Crippen molar-refractivity contribution in [3.63, 3.8) is 0 Å². The molecule has 0 amide bonds. The fourth-order valence-corrected chi connectivity index (χ4v) is 4.04. The van der Waals surface area contributed by atoms with Gasteiger partial charge in [-0.1, -0.05) is 6.07 Å². The van der Waals surface area contributed by atoms with E-state index in [0.717, 1.165) is 12.5 Å². The monoisotopic (exact) mass is 258 g/mol. The summed E-state index contributed by atoms with van der Waals surface area (Å²) in [5.41, 5.74) is 2.70. The number of hydrogen-bond acceptors (Lipinski definition) is 3. The molecule has 2 aliphatic rings. The van der Waals surface area contributed by atoms with Crippen LogP contribution >= 0.6 is 11.3 Å². The second-order valence-corrected chi connectivity index (χ2v) is 6.66. The summed E-state index contributed by atoms with van der Waals surface area (Å²) in [4.78, 5) is 4.76. The summed E-state index contributed by atoms with van der Waals surface area (Å²) in [6.45, 7) is 2.32. The summed E-state index contributed by atoms with van der Waals surface area (Å²) in [6.07, 6.45) is 5.32. The minimum Gasteiger partial charge on any atom is -0.316 e. The number of thiazole rings is 1. The molecule has 1 aromatic heterocycles. The van der Waals surface area contributed by atoms with Crippen LogP contribution in [0.15, 0.2) is 18.2 Å². The van der Waals surface area contributed by atoms with Gasteiger partial charge in [0.05, 0.1) is 15.2 Å². The first kappa shape index (κ1) is 10.9. The average Bonchev–Trinajstić information content (AvgIpc) is 3.19. The Kier molecular flexibility index (Phi) is 2.63. The van der Waals surface area contributed by atoms with Crippen LogP contribution in [0.3, 0.4) is 0 Å². The van der Waals surface area contributed by atoms with Crippen LogP contribution in [0.4, 0.5) is 0 Å². The zero-order chi connectivity index (χ0) is 11.9. The van der Waals surface area contributed by atoms with Crippen LogP contribution in [0.1, 0.15) is 48.1 Å². The van der Waals surface area contributed by atoms with E-state index in [1.54, 1.807) is 0 Å². The summed E-state index contributed by atoms with van der Waals surface area (Å²) in [5, 5.41) is 4.87. The van der Waals surface area contributed by atoms with Crippen molar-refractivity contribution in [3.8, 4) is 0 Å². The van der Waals surface area contributed by atoms with Crippen molar-refractivity contribution in [2.45, 2.75) is 37.5 Å². The molecule has 0 radical (unpaired) electrons. The van der Waals surface area contributed by atoms with E-state index in [-0.39, 0.29) is 0 Å². The topological polar surface area (TPSA) is 24.9 Å². The first-order valence-corrected chi connectivity index (χ1v) is 7.83. The number of nitrogens with zero attached hydrogens (tertiary/aromatic N) is 1. The molecule has 0 spiro atoms. The number of fused-ring (bicyclic) bond motifs is 1. The van der Waals surface area contributed by atoms with Gasteiger partial charge in [0.15, 0.2) is 0 Å². The number of rotatable bonds is 2. The standard InChI is InChI=1S/C15H18N2S/c1-2-12(9-16-7-1)11-5-6-13-14(8-11)18-15(17-13)10-3-4-10/h5-6,8,10,12,16H,1-4,7,9H2. The molecule has 1 aliphatic heterocycles. The fraction of sp³-hybridized carbons (Fsp3) is 0.533. The van der Waals surface area contributed by atoms with Gasteiger partial charge in [-0.25, -0.2) is 4.98 Å². The summed E-state index contributed by atoms with van der Waals surface area (Å²) in [7, 11) is 0. The third-order valence-electron chi connectivity index (χ3n) is 4.12. The Balaban J connectivity index is 1.69. The van der Waals surface area contributed by atoms with E-state index in [0.29, 0.717) is 5.92 Å². The van der Waals surface area contributed by atoms with Crippen molar-refractivity contribution in [2.75, 3.05) is 13.1 Å². The van der Waals surface area contributed by atoms with E-state index < -0.39 is 0 Å². The molecule has 4 rings (SSSR count). The molecule has 2 heterocycles. The van der Waals surface area contributed by atoms with Gasteiger partial charge in [0.2, 0.25) is 0 Å². The lowest BCUT2D eigenvalue weighted by Crippen LogP contribution is -2.28. The van der Waals surface area contributed by atoms with Crippen LogP contribution < -0.4 is 5.32 Å². The molecule has 0 bridgehead atoms. The molecular formula is C15H18N2S. The van der Waals surface area contributed by atoms with Gasteiger partial charge in [0.25, 0.3) is 0 Å². The van der Waals surface area contributed by atoms with E-state index >= 15 is 0 Å². The third kappa shape index (κ3) is 1.95. The highest BCUT2D eigenvalue weighted by molar-refractivity contribution is 7.18. The van der Waals surface area contributed by atoms with Crippen LogP contribution in [-0.4, -0.2) is 18.1 Å². The van der Waals surface area contributed by atoms with Crippen molar-refractivity contribution < 1.29 is 0 Å². The Morgan fingerprint density at radius 1 is 1.17 bits per heavy atom. The highest BCUT2D eigenvalue weighted by atomic mass is 32.1. The number of piperidine rings is 1. The first-order valence-electron chi connectivity index (χ1n) is 7.01. The van der Waals surface area contributed by atoms with Crippen molar-refractivity contribution >= 4 is 21.6 Å². The largest absolute Gasteiger partial charge is 0.316 e. The Morgan fingerprint density at radius 3 is 2.89 bits per heavy atom. The lowest BCUT2D eigenvalue weighted by Gasteiger charge is -2.22. The smallest absolute Gasteiger partial charge is 0.0969 e. The number of nitrogens with one attached hydrogen (secondary N) is 1. The first-order chi connectivity index (χ1) is 8.90. The molecule has 2 nitrogen and oxygen atoms in total. The zero-order valence-electron chi connectivity index (χ0n) is 10.5. The summed E-state index contributed by atoms with van der Waals surface area (Å²) < 4.78 is 1.39. The molecule has 3 heteroatoms. The summed E-state index contributed by atoms with van der Waals surface area (Å²) >= 11 is 1.91. The van der Waals surface area contributed by atoms with Gasteiger partial charge in [0.1, 0.15) is 0 Å². The van der Waals surface area contributed by atoms with Crippen LogP contribution in [0.2, 0.25) is 0 Å². The van der Waals surface area contributed by atoms with Gasteiger partial charge < -0.3 is 5.32 Å².